The number of hydrogen-bond acceptors (Lipinski definition) is 5. The van der Waals surface area contributed by atoms with Crippen molar-refractivity contribution in [3.63, 3.8) is 0 Å². The van der Waals surface area contributed by atoms with Crippen molar-refractivity contribution in [1.82, 2.24) is 15.2 Å². The van der Waals surface area contributed by atoms with E-state index in [0.717, 1.165) is 49.7 Å². The molecular formula is C23H32ClN3O5. The summed E-state index contributed by atoms with van der Waals surface area (Å²) in [5.41, 5.74) is 1.28. The fraction of sp³-hybridized carbons (Fsp3) is 0.696. The van der Waals surface area contributed by atoms with Gasteiger partial charge in [-0.3, -0.25) is 14.4 Å². The van der Waals surface area contributed by atoms with Crippen molar-refractivity contribution in [2.45, 2.75) is 69.1 Å². The number of nitrogens with zero attached hydrogens (tertiary/aromatic N) is 1. The van der Waals surface area contributed by atoms with Crippen LogP contribution in [0.25, 0.3) is 0 Å². The molecule has 2 saturated heterocycles. The van der Waals surface area contributed by atoms with E-state index in [-0.39, 0.29) is 47.9 Å². The van der Waals surface area contributed by atoms with Gasteiger partial charge in [0.2, 0.25) is 11.8 Å². The maximum atomic E-state index is 12.6. The fourth-order valence-electron chi connectivity index (χ4n) is 5.64. The van der Waals surface area contributed by atoms with Crippen molar-refractivity contribution in [2.75, 3.05) is 32.2 Å². The molecule has 0 aromatic carbocycles. The Hall–Kier alpha value is -1.90. The third-order valence-electron chi connectivity index (χ3n) is 7.24. The summed E-state index contributed by atoms with van der Waals surface area (Å²) < 4.78 is 11.9. The lowest BCUT2D eigenvalue weighted by molar-refractivity contribution is -0.154. The minimum Gasteiger partial charge on any atom is -0.376 e. The van der Waals surface area contributed by atoms with E-state index in [1.54, 1.807) is 11.1 Å². The lowest BCUT2D eigenvalue weighted by Crippen LogP contribution is -2.72. The Morgan fingerprint density at radius 3 is 2.78 bits per heavy atom. The topological polar surface area (TPSA) is 101 Å². The second-order valence-corrected chi connectivity index (χ2v) is 9.51. The molecule has 8 nitrogen and oxygen atoms in total. The highest BCUT2D eigenvalue weighted by Gasteiger charge is 2.49. The maximum Gasteiger partial charge on any atom is 0.251 e. The number of alkyl halides is 1. The summed E-state index contributed by atoms with van der Waals surface area (Å²) in [7, 11) is 0. The van der Waals surface area contributed by atoms with Gasteiger partial charge in [0.15, 0.2) is 0 Å². The molecule has 4 rings (SSSR count). The SMILES string of the molecule is Cc1cc[nH]c(=O)c1C1CCC(OC[C@H]2N(C(=O)CCl)CCC[C@@]23COCC(=O)N3)CC1. The predicted molar refractivity (Wildman–Crippen MR) is 120 cm³/mol. The average Bonchev–Trinajstić information content (AvgIpc) is 2.78. The second-order valence-electron chi connectivity index (χ2n) is 9.25. The van der Waals surface area contributed by atoms with Crippen LogP contribution in [0, 0.1) is 6.92 Å². The third-order valence-corrected chi connectivity index (χ3v) is 7.47. The molecule has 32 heavy (non-hydrogen) atoms. The maximum absolute atomic E-state index is 12.6. The molecule has 0 unspecified atom stereocenters. The van der Waals surface area contributed by atoms with E-state index in [0.29, 0.717) is 19.8 Å². The molecule has 3 heterocycles. The Balaban J connectivity index is 1.42. The van der Waals surface area contributed by atoms with E-state index in [9.17, 15) is 14.4 Å². The molecule has 2 N–H and O–H groups in total. The normalized spacial score (nSPS) is 30.9. The first kappa shape index (κ1) is 23.3. The number of likely N-dealkylation sites (tertiary alicyclic amines) is 1. The number of H-pyrrole nitrogens is 1. The smallest absolute Gasteiger partial charge is 0.251 e. The summed E-state index contributed by atoms with van der Waals surface area (Å²) in [6.45, 7) is 3.31. The summed E-state index contributed by atoms with van der Waals surface area (Å²) >= 11 is 5.88. The second kappa shape index (κ2) is 9.93. The van der Waals surface area contributed by atoms with Crippen LogP contribution in [0.4, 0.5) is 0 Å². The van der Waals surface area contributed by atoms with Gasteiger partial charge in [-0.1, -0.05) is 0 Å². The number of piperidine rings is 1. The molecule has 1 aromatic heterocycles. The molecule has 0 radical (unpaired) electrons. The number of hydrogen-bond donors (Lipinski definition) is 2. The van der Waals surface area contributed by atoms with Crippen LogP contribution >= 0.6 is 11.6 Å². The molecule has 2 atom stereocenters. The quantitative estimate of drug-likeness (QED) is 0.646. The van der Waals surface area contributed by atoms with Crippen molar-refractivity contribution < 1.29 is 19.1 Å². The fourth-order valence-corrected chi connectivity index (χ4v) is 5.80. The van der Waals surface area contributed by atoms with Gasteiger partial charge >= 0.3 is 0 Å². The first-order valence-corrected chi connectivity index (χ1v) is 12.0. The molecule has 2 aliphatic heterocycles. The number of carbonyl (C=O) groups excluding carboxylic acids is 2. The van der Waals surface area contributed by atoms with Crippen LogP contribution in [-0.2, 0) is 19.1 Å². The zero-order chi connectivity index (χ0) is 22.7. The Morgan fingerprint density at radius 2 is 2.09 bits per heavy atom. The van der Waals surface area contributed by atoms with Gasteiger partial charge in [0, 0.05) is 18.3 Å². The van der Waals surface area contributed by atoms with E-state index in [2.05, 4.69) is 10.3 Å². The Morgan fingerprint density at radius 1 is 1.31 bits per heavy atom. The summed E-state index contributed by atoms with van der Waals surface area (Å²) in [6.07, 6.45) is 6.74. The summed E-state index contributed by atoms with van der Waals surface area (Å²) in [5.74, 6) is -0.175. The third kappa shape index (κ3) is 4.72. The number of carbonyl (C=O) groups is 2. The van der Waals surface area contributed by atoms with E-state index < -0.39 is 5.54 Å². The van der Waals surface area contributed by atoms with Gasteiger partial charge in [0.05, 0.1) is 30.9 Å². The predicted octanol–water partition coefficient (Wildman–Crippen LogP) is 1.84. The standard InChI is InChI=1S/C23H32ClN3O5/c1-15-7-9-25-22(30)21(15)16-3-5-17(6-4-16)32-12-18-23(14-31-13-19(28)26-23)8-2-10-27(18)20(29)11-24/h7,9,16-18H,2-6,8,10-14H2,1H3,(H,25,30)(H,26,28)/t16?,17?,18-,23-/m1/s1. The first-order valence-electron chi connectivity index (χ1n) is 11.5. The van der Waals surface area contributed by atoms with Gasteiger partial charge in [-0.25, -0.2) is 0 Å². The highest BCUT2D eigenvalue weighted by Crippen LogP contribution is 2.35. The molecule has 9 heteroatoms. The highest BCUT2D eigenvalue weighted by molar-refractivity contribution is 6.27. The van der Waals surface area contributed by atoms with E-state index in [1.807, 2.05) is 13.0 Å². The number of nitrogens with one attached hydrogen (secondary N) is 2. The summed E-state index contributed by atoms with van der Waals surface area (Å²) in [6, 6.07) is 1.63. The molecule has 1 spiro atoms. The molecule has 1 aromatic rings. The summed E-state index contributed by atoms with van der Waals surface area (Å²) in [5, 5.41) is 3.10. The number of aromatic nitrogens is 1. The van der Waals surface area contributed by atoms with Crippen LogP contribution in [0.2, 0.25) is 0 Å². The monoisotopic (exact) mass is 465 g/mol. The van der Waals surface area contributed by atoms with Gasteiger partial charge in [-0.05, 0) is 63.0 Å². The largest absolute Gasteiger partial charge is 0.376 e. The lowest BCUT2D eigenvalue weighted by Gasteiger charge is -2.51. The minimum absolute atomic E-state index is 0.00165. The van der Waals surface area contributed by atoms with Crippen LogP contribution < -0.4 is 10.9 Å². The van der Waals surface area contributed by atoms with Crippen molar-refractivity contribution >= 4 is 23.4 Å². The molecule has 176 valence electrons. The van der Waals surface area contributed by atoms with Gasteiger partial charge in [-0.15, -0.1) is 11.6 Å². The van der Waals surface area contributed by atoms with Gasteiger partial charge in [-0.2, -0.15) is 0 Å². The minimum atomic E-state index is -0.638. The van der Waals surface area contributed by atoms with Crippen molar-refractivity contribution in [1.29, 1.82) is 0 Å². The van der Waals surface area contributed by atoms with E-state index in [4.69, 9.17) is 21.1 Å². The zero-order valence-corrected chi connectivity index (χ0v) is 19.3. The number of pyridine rings is 1. The Bertz CT molecular complexity index is 894. The molecule has 3 fully saturated rings. The number of aromatic amines is 1. The molecule has 1 aliphatic carbocycles. The van der Waals surface area contributed by atoms with Gasteiger partial charge < -0.3 is 24.7 Å². The average molecular weight is 466 g/mol. The number of amides is 2. The van der Waals surface area contributed by atoms with Crippen LogP contribution in [0.5, 0.6) is 0 Å². The van der Waals surface area contributed by atoms with E-state index >= 15 is 0 Å². The van der Waals surface area contributed by atoms with Crippen molar-refractivity contribution in [3.8, 4) is 0 Å². The molecule has 2 amide bonds. The molecule has 0 bridgehead atoms. The number of morpholine rings is 1. The number of rotatable bonds is 5. The van der Waals surface area contributed by atoms with Crippen LogP contribution in [-0.4, -0.2) is 71.6 Å². The van der Waals surface area contributed by atoms with Crippen LogP contribution in [0.3, 0.4) is 0 Å². The highest BCUT2D eigenvalue weighted by atomic mass is 35.5. The lowest BCUT2D eigenvalue weighted by atomic mass is 9.80. The first-order chi connectivity index (χ1) is 15.4. The number of halogens is 1. The van der Waals surface area contributed by atoms with Crippen molar-refractivity contribution in [2.24, 2.45) is 0 Å². The molecule has 3 aliphatic rings. The van der Waals surface area contributed by atoms with Crippen molar-refractivity contribution in [3.05, 3.63) is 33.7 Å². The van der Waals surface area contributed by atoms with Crippen LogP contribution in [0.1, 0.15) is 55.6 Å². The van der Waals surface area contributed by atoms with E-state index in [1.165, 1.54) is 0 Å². The zero-order valence-electron chi connectivity index (χ0n) is 18.5. The van der Waals surface area contributed by atoms with Gasteiger partial charge in [0.1, 0.15) is 12.5 Å². The number of ether oxygens (including phenoxy) is 2. The number of aryl methyl sites for hydroxylation is 1. The molecular weight excluding hydrogens is 434 g/mol. The summed E-state index contributed by atoms with van der Waals surface area (Å²) in [4.78, 5) is 41.5. The Labute approximate surface area is 193 Å². The van der Waals surface area contributed by atoms with Crippen LogP contribution in [0.15, 0.2) is 17.1 Å². The molecule has 1 saturated carbocycles. The van der Waals surface area contributed by atoms with Gasteiger partial charge in [0.25, 0.3) is 5.56 Å². The Kier molecular flexibility index (Phi) is 7.22.